The van der Waals surface area contributed by atoms with Crippen LogP contribution in [0.15, 0.2) is 48.8 Å². The molecule has 1 N–H and O–H groups in total. The second-order valence-corrected chi connectivity index (χ2v) is 7.59. The van der Waals surface area contributed by atoms with Crippen molar-refractivity contribution < 1.29 is 9.53 Å². The third kappa shape index (κ3) is 3.59. The minimum absolute atomic E-state index is 0.129. The number of hydrogen-bond donors (Lipinski definition) is 1. The average molecular weight is 391 g/mol. The third-order valence-electron chi connectivity index (χ3n) is 5.83. The maximum absolute atomic E-state index is 11.0. The van der Waals surface area contributed by atoms with Gasteiger partial charge in [0.05, 0.1) is 23.9 Å². The van der Waals surface area contributed by atoms with Crippen molar-refractivity contribution >= 4 is 17.6 Å². The standard InChI is InChI=1S/C22H25N5O2/c28-16-25-8-10-26(11-9-25)20-5-6-24-27-15-19(13-21(20)27)17-1-3-18(4-2-17)22-14-23-7-12-29-22/h1-6,13,15-16,22-23H,7-12,14H2. The molecule has 2 saturated heterocycles. The summed E-state index contributed by atoms with van der Waals surface area (Å²) in [6.45, 7) is 5.72. The van der Waals surface area contributed by atoms with Crippen molar-refractivity contribution in [3.05, 3.63) is 54.4 Å². The summed E-state index contributed by atoms with van der Waals surface area (Å²) in [6, 6.07) is 12.9. The van der Waals surface area contributed by atoms with Gasteiger partial charge in [0.25, 0.3) is 0 Å². The largest absolute Gasteiger partial charge is 0.371 e. The fraction of sp³-hybridized carbons (Fsp3) is 0.364. The number of nitrogens with one attached hydrogen (secondary N) is 1. The first-order valence-corrected chi connectivity index (χ1v) is 10.2. The van der Waals surface area contributed by atoms with Gasteiger partial charge < -0.3 is 19.9 Å². The van der Waals surface area contributed by atoms with E-state index in [0.29, 0.717) is 0 Å². The van der Waals surface area contributed by atoms with Crippen LogP contribution in [0.1, 0.15) is 11.7 Å². The Bertz CT molecular complexity index is 986. The van der Waals surface area contributed by atoms with Crippen LogP contribution in [0.4, 0.5) is 5.69 Å². The molecule has 7 heteroatoms. The molecule has 0 spiro atoms. The molecule has 7 nitrogen and oxygen atoms in total. The lowest BCUT2D eigenvalue weighted by molar-refractivity contribution is -0.118. The van der Waals surface area contributed by atoms with Crippen molar-refractivity contribution in [3.63, 3.8) is 0 Å². The number of morpholine rings is 1. The van der Waals surface area contributed by atoms with Crippen LogP contribution in [-0.2, 0) is 9.53 Å². The highest BCUT2D eigenvalue weighted by Crippen LogP contribution is 2.30. The maximum atomic E-state index is 11.0. The van der Waals surface area contributed by atoms with Crippen LogP contribution in [0.2, 0.25) is 0 Å². The average Bonchev–Trinajstić information content (AvgIpc) is 3.24. The fourth-order valence-electron chi connectivity index (χ4n) is 4.16. The Balaban J connectivity index is 1.41. The number of piperazine rings is 1. The van der Waals surface area contributed by atoms with Gasteiger partial charge in [-0.3, -0.25) is 4.79 Å². The summed E-state index contributed by atoms with van der Waals surface area (Å²) in [6.07, 6.45) is 4.99. The van der Waals surface area contributed by atoms with Crippen molar-refractivity contribution in [3.8, 4) is 11.1 Å². The van der Waals surface area contributed by atoms with Gasteiger partial charge in [-0.05, 0) is 23.3 Å². The minimum atomic E-state index is 0.129. The Hall–Kier alpha value is -2.90. The third-order valence-corrected chi connectivity index (χ3v) is 5.83. The molecule has 3 aromatic rings. The first kappa shape index (κ1) is 18.1. The smallest absolute Gasteiger partial charge is 0.209 e. The molecular formula is C22H25N5O2. The molecule has 2 aliphatic rings. The highest BCUT2D eigenvalue weighted by Gasteiger charge is 2.19. The number of ether oxygens (including phenoxy) is 1. The first-order chi connectivity index (χ1) is 14.3. The number of nitrogens with zero attached hydrogens (tertiary/aromatic N) is 4. The van der Waals surface area contributed by atoms with E-state index in [0.717, 1.165) is 69.1 Å². The number of anilines is 1. The van der Waals surface area contributed by atoms with E-state index in [-0.39, 0.29) is 6.10 Å². The summed E-state index contributed by atoms with van der Waals surface area (Å²) in [5, 5.41) is 7.88. The van der Waals surface area contributed by atoms with E-state index in [1.54, 1.807) is 0 Å². The molecule has 2 fully saturated rings. The molecule has 150 valence electrons. The maximum Gasteiger partial charge on any atom is 0.209 e. The van der Waals surface area contributed by atoms with Gasteiger partial charge in [-0.2, -0.15) is 5.10 Å². The van der Waals surface area contributed by atoms with Gasteiger partial charge in [-0.1, -0.05) is 24.3 Å². The van der Waals surface area contributed by atoms with Crippen LogP contribution >= 0.6 is 0 Å². The van der Waals surface area contributed by atoms with Gasteiger partial charge in [0, 0.05) is 57.2 Å². The molecule has 2 aliphatic heterocycles. The van der Waals surface area contributed by atoms with E-state index in [1.165, 1.54) is 11.1 Å². The molecule has 0 bridgehead atoms. The molecule has 29 heavy (non-hydrogen) atoms. The van der Waals surface area contributed by atoms with Crippen molar-refractivity contribution in [1.82, 2.24) is 19.8 Å². The molecule has 4 heterocycles. The van der Waals surface area contributed by atoms with Gasteiger partial charge in [0.15, 0.2) is 0 Å². The Kier molecular flexibility index (Phi) is 4.91. The Morgan fingerprint density at radius 1 is 1.07 bits per heavy atom. The lowest BCUT2D eigenvalue weighted by atomic mass is 10.0. The van der Waals surface area contributed by atoms with Crippen LogP contribution < -0.4 is 10.2 Å². The summed E-state index contributed by atoms with van der Waals surface area (Å²) in [5.74, 6) is 0. The number of fused-ring (bicyclic) bond motifs is 1. The van der Waals surface area contributed by atoms with Gasteiger partial charge in [0.1, 0.15) is 0 Å². The Morgan fingerprint density at radius 2 is 1.90 bits per heavy atom. The molecule has 1 aromatic carbocycles. The molecule has 0 aliphatic carbocycles. The van der Waals surface area contributed by atoms with Crippen LogP contribution in [0.3, 0.4) is 0 Å². The molecule has 1 atom stereocenters. The van der Waals surface area contributed by atoms with E-state index in [4.69, 9.17) is 4.74 Å². The minimum Gasteiger partial charge on any atom is -0.371 e. The van der Waals surface area contributed by atoms with E-state index in [1.807, 2.05) is 15.6 Å². The summed E-state index contributed by atoms with van der Waals surface area (Å²) in [7, 11) is 0. The molecule has 0 saturated carbocycles. The molecule has 1 amide bonds. The van der Waals surface area contributed by atoms with Gasteiger partial charge >= 0.3 is 0 Å². The topological polar surface area (TPSA) is 62.1 Å². The van der Waals surface area contributed by atoms with Crippen molar-refractivity contribution in [2.75, 3.05) is 50.8 Å². The summed E-state index contributed by atoms with van der Waals surface area (Å²) < 4.78 is 7.79. The Labute approximate surface area is 169 Å². The van der Waals surface area contributed by atoms with E-state index in [2.05, 4.69) is 57.9 Å². The van der Waals surface area contributed by atoms with Crippen LogP contribution in [0.5, 0.6) is 0 Å². The second kappa shape index (κ2) is 7.85. The zero-order chi connectivity index (χ0) is 19.6. The zero-order valence-electron chi connectivity index (χ0n) is 16.3. The number of carbonyl (C=O) groups excluding carboxylic acids is 1. The highest BCUT2D eigenvalue weighted by molar-refractivity contribution is 5.80. The number of aromatic nitrogens is 2. The van der Waals surface area contributed by atoms with Crippen LogP contribution in [0, 0.1) is 0 Å². The molecule has 1 unspecified atom stereocenters. The Morgan fingerprint density at radius 3 is 2.62 bits per heavy atom. The van der Waals surface area contributed by atoms with Crippen molar-refractivity contribution in [2.24, 2.45) is 0 Å². The molecule has 0 radical (unpaired) electrons. The van der Waals surface area contributed by atoms with Crippen LogP contribution in [-0.4, -0.2) is 66.8 Å². The van der Waals surface area contributed by atoms with Crippen LogP contribution in [0.25, 0.3) is 16.6 Å². The highest BCUT2D eigenvalue weighted by atomic mass is 16.5. The lowest BCUT2D eigenvalue weighted by Crippen LogP contribution is -2.45. The molecule has 2 aromatic heterocycles. The van der Waals surface area contributed by atoms with E-state index < -0.39 is 0 Å². The van der Waals surface area contributed by atoms with E-state index in [9.17, 15) is 4.79 Å². The van der Waals surface area contributed by atoms with Crippen molar-refractivity contribution in [1.29, 1.82) is 0 Å². The zero-order valence-corrected chi connectivity index (χ0v) is 16.3. The second-order valence-electron chi connectivity index (χ2n) is 7.59. The number of amides is 1. The predicted octanol–water partition coefficient (Wildman–Crippen LogP) is 1.94. The summed E-state index contributed by atoms with van der Waals surface area (Å²) >= 11 is 0. The first-order valence-electron chi connectivity index (χ1n) is 10.2. The lowest BCUT2D eigenvalue weighted by Gasteiger charge is -2.34. The van der Waals surface area contributed by atoms with Gasteiger partial charge in [-0.25, -0.2) is 4.52 Å². The van der Waals surface area contributed by atoms with E-state index >= 15 is 0 Å². The molecule has 5 rings (SSSR count). The van der Waals surface area contributed by atoms with Crippen molar-refractivity contribution in [2.45, 2.75) is 6.10 Å². The molecular weight excluding hydrogens is 366 g/mol. The van der Waals surface area contributed by atoms with Gasteiger partial charge in [0.2, 0.25) is 6.41 Å². The quantitative estimate of drug-likeness (QED) is 0.689. The monoisotopic (exact) mass is 391 g/mol. The number of carbonyl (C=O) groups is 1. The SMILES string of the molecule is O=CN1CCN(c2ccnn3cc(-c4ccc(C5CNCCO5)cc4)cc23)CC1. The normalized spacial score (nSPS) is 20.2. The fourth-order valence-corrected chi connectivity index (χ4v) is 4.16. The summed E-state index contributed by atoms with van der Waals surface area (Å²) in [4.78, 5) is 15.1. The number of rotatable bonds is 4. The summed E-state index contributed by atoms with van der Waals surface area (Å²) in [5.41, 5.74) is 5.77. The predicted molar refractivity (Wildman–Crippen MR) is 112 cm³/mol. The number of benzene rings is 1. The number of hydrogen-bond acceptors (Lipinski definition) is 5. The van der Waals surface area contributed by atoms with Gasteiger partial charge in [-0.15, -0.1) is 0 Å².